The van der Waals surface area contributed by atoms with Gasteiger partial charge >= 0.3 is 0 Å². The number of nitrogens with zero attached hydrogens (tertiary/aromatic N) is 1. The number of piperidine rings is 1. The van der Waals surface area contributed by atoms with Crippen molar-refractivity contribution in [3.05, 3.63) is 63.8 Å². The van der Waals surface area contributed by atoms with Crippen LogP contribution in [0.2, 0.25) is 0 Å². The van der Waals surface area contributed by atoms with E-state index in [0.717, 1.165) is 50.9 Å². The molecule has 0 aromatic heterocycles. The first-order valence-corrected chi connectivity index (χ1v) is 15.2. The highest BCUT2D eigenvalue weighted by molar-refractivity contribution is 5.98. The summed E-state index contributed by atoms with van der Waals surface area (Å²) in [6, 6.07) is 7.95. The Labute approximate surface area is 231 Å². The summed E-state index contributed by atoms with van der Waals surface area (Å²) in [6.07, 6.45) is 14.1. The summed E-state index contributed by atoms with van der Waals surface area (Å²) in [5, 5.41) is 18.5. The van der Waals surface area contributed by atoms with Gasteiger partial charge in [-0.05, 0) is 128 Å². The molecule has 0 radical (unpaired) electrons. The normalized spacial score (nSPS) is 24.3. The first kappa shape index (κ1) is 29.0. The maximum atomic E-state index is 10.0. The van der Waals surface area contributed by atoms with Crippen molar-refractivity contribution in [1.82, 2.24) is 4.90 Å². The molecule has 2 N–H and O–H groups in total. The van der Waals surface area contributed by atoms with E-state index in [1.54, 1.807) is 0 Å². The summed E-state index contributed by atoms with van der Waals surface area (Å²) >= 11 is 0. The fourth-order valence-corrected chi connectivity index (χ4v) is 6.72. The Kier molecular flexibility index (Phi) is 10.6. The molecule has 4 rings (SSSR count). The van der Waals surface area contributed by atoms with Crippen LogP contribution in [0.15, 0.2) is 47.1 Å². The lowest BCUT2D eigenvalue weighted by molar-refractivity contribution is 0.0252. The molecule has 208 valence electrons. The molecule has 2 saturated heterocycles. The molecule has 0 spiro atoms. The van der Waals surface area contributed by atoms with E-state index in [9.17, 15) is 5.11 Å². The van der Waals surface area contributed by atoms with Gasteiger partial charge in [0, 0.05) is 25.0 Å². The predicted molar refractivity (Wildman–Crippen MR) is 160 cm³/mol. The molecule has 2 heterocycles. The van der Waals surface area contributed by atoms with Gasteiger partial charge in [0.1, 0.15) is 0 Å². The highest BCUT2D eigenvalue weighted by Gasteiger charge is 2.28. The van der Waals surface area contributed by atoms with Crippen molar-refractivity contribution in [3.63, 3.8) is 0 Å². The van der Waals surface area contributed by atoms with E-state index in [1.807, 2.05) is 0 Å². The van der Waals surface area contributed by atoms with Gasteiger partial charge in [-0.2, -0.15) is 0 Å². The fraction of sp³-hybridized carbons (Fsp3) is 0.618. The number of rotatable bonds is 8. The van der Waals surface area contributed by atoms with Gasteiger partial charge in [-0.1, -0.05) is 51.5 Å². The molecule has 0 unspecified atom stereocenters. The van der Waals surface area contributed by atoms with Crippen LogP contribution in [-0.2, 0) is 4.74 Å². The van der Waals surface area contributed by atoms with Gasteiger partial charge in [-0.3, -0.25) is 0 Å². The first-order valence-electron chi connectivity index (χ1n) is 15.2. The highest BCUT2D eigenvalue weighted by atomic mass is 16.5. The van der Waals surface area contributed by atoms with Gasteiger partial charge in [-0.25, -0.2) is 0 Å². The van der Waals surface area contributed by atoms with Crippen molar-refractivity contribution in [1.29, 1.82) is 5.41 Å². The molecule has 0 atom stereocenters. The maximum absolute atomic E-state index is 10.0. The molecule has 1 aromatic carbocycles. The van der Waals surface area contributed by atoms with E-state index in [2.05, 4.69) is 62.9 Å². The molecule has 4 nitrogen and oxygen atoms in total. The van der Waals surface area contributed by atoms with Gasteiger partial charge < -0.3 is 20.2 Å². The Morgan fingerprint density at radius 1 is 1.13 bits per heavy atom. The van der Waals surface area contributed by atoms with Crippen LogP contribution in [0.4, 0.5) is 0 Å². The minimum Gasteiger partial charge on any atom is -0.392 e. The van der Waals surface area contributed by atoms with Gasteiger partial charge in [-0.15, -0.1) is 0 Å². The Morgan fingerprint density at radius 2 is 1.87 bits per heavy atom. The predicted octanol–water partition coefficient (Wildman–Crippen LogP) is 7.61. The van der Waals surface area contributed by atoms with Crippen LogP contribution in [-0.4, -0.2) is 54.7 Å². The van der Waals surface area contributed by atoms with Crippen LogP contribution in [0.5, 0.6) is 0 Å². The summed E-state index contributed by atoms with van der Waals surface area (Å²) in [4.78, 5) is 2.72. The average molecular weight is 519 g/mol. The molecule has 0 saturated carbocycles. The van der Waals surface area contributed by atoms with Crippen LogP contribution < -0.4 is 0 Å². The zero-order chi connectivity index (χ0) is 27.1. The van der Waals surface area contributed by atoms with Gasteiger partial charge in [0.2, 0.25) is 0 Å². The number of ether oxygens (including phenoxy) is 1. The van der Waals surface area contributed by atoms with Crippen molar-refractivity contribution in [2.75, 3.05) is 32.9 Å². The second-order valence-corrected chi connectivity index (χ2v) is 11.9. The largest absolute Gasteiger partial charge is 0.392 e. The van der Waals surface area contributed by atoms with Crippen LogP contribution in [0, 0.1) is 18.3 Å². The summed E-state index contributed by atoms with van der Waals surface area (Å²) in [5.41, 5.74) is 9.65. The molecule has 38 heavy (non-hydrogen) atoms. The minimum absolute atomic E-state index is 0.0618. The lowest BCUT2D eigenvalue weighted by Crippen LogP contribution is -2.43. The summed E-state index contributed by atoms with van der Waals surface area (Å²) in [7, 11) is 0. The maximum Gasteiger partial charge on any atom is 0.0699 e. The van der Waals surface area contributed by atoms with Crippen molar-refractivity contribution in [3.8, 4) is 0 Å². The average Bonchev–Trinajstić information content (AvgIpc) is 2.92. The number of aliphatic hydroxyl groups excluding tert-OH is 1. The molecule has 4 heteroatoms. The number of hydrogen-bond acceptors (Lipinski definition) is 4. The number of allylic oxidation sites excluding steroid dienone is 5. The van der Waals surface area contributed by atoms with Gasteiger partial charge in [0.15, 0.2) is 0 Å². The van der Waals surface area contributed by atoms with E-state index >= 15 is 0 Å². The topological polar surface area (TPSA) is 56.5 Å². The third-order valence-corrected chi connectivity index (χ3v) is 8.89. The quantitative estimate of drug-likeness (QED) is 0.372. The lowest BCUT2D eigenvalue weighted by Gasteiger charge is -2.39. The third kappa shape index (κ3) is 6.94. The van der Waals surface area contributed by atoms with Crippen LogP contribution in [0.1, 0.15) is 101 Å². The van der Waals surface area contributed by atoms with Crippen molar-refractivity contribution in [2.24, 2.45) is 5.92 Å². The second-order valence-electron chi connectivity index (χ2n) is 11.9. The number of hydrogen-bond donors (Lipinski definition) is 2. The number of nitrogens with one attached hydrogen (secondary N) is 1. The summed E-state index contributed by atoms with van der Waals surface area (Å²) < 4.78 is 5.60. The molecule has 0 amide bonds. The first-order chi connectivity index (χ1) is 18.4. The van der Waals surface area contributed by atoms with Gasteiger partial charge in [0.25, 0.3) is 0 Å². The fourth-order valence-electron chi connectivity index (χ4n) is 6.72. The second kappa shape index (κ2) is 13.9. The molecule has 1 aromatic rings. The summed E-state index contributed by atoms with van der Waals surface area (Å²) in [5.74, 6) is 1.01. The van der Waals surface area contributed by atoms with Crippen LogP contribution in [0.3, 0.4) is 0 Å². The van der Waals surface area contributed by atoms with Crippen LogP contribution in [0.25, 0.3) is 5.57 Å². The lowest BCUT2D eigenvalue weighted by atomic mass is 9.80. The number of likely N-dealkylation sites (tertiary alicyclic amines) is 1. The zero-order valence-electron chi connectivity index (χ0n) is 24.3. The monoisotopic (exact) mass is 518 g/mol. The molecule has 2 aliphatic heterocycles. The van der Waals surface area contributed by atoms with Crippen molar-refractivity contribution >= 4 is 11.3 Å². The zero-order valence-corrected chi connectivity index (χ0v) is 24.3. The molecule has 2 fully saturated rings. The Balaban J connectivity index is 1.67. The van der Waals surface area contributed by atoms with E-state index in [-0.39, 0.29) is 6.61 Å². The minimum atomic E-state index is -0.0618. The van der Waals surface area contributed by atoms with Gasteiger partial charge in [0.05, 0.1) is 6.61 Å². The SMILES string of the molecule is CCCC(/C1=C/CCCC(=N)/C(CO)=C\1)=C(\c1cc(C2CCN(C3CCOCC3)CC2)ccc1C)C(C)C. The Hall–Kier alpha value is -2.01. The number of aryl methyl sites for hydroxylation is 1. The molecular weight excluding hydrogens is 468 g/mol. The molecule has 3 aliphatic rings. The van der Waals surface area contributed by atoms with Crippen molar-refractivity contribution < 1.29 is 9.84 Å². The Bertz CT molecular complexity index is 1050. The highest BCUT2D eigenvalue weighted by Crippen LogP contribution is 2.39. The third-order valence-electron chi connectivity index (χ3n) is 8.89. The Morgan fingerprint density at radius 3 is 2.53 bits per heavy atom. The number of aliphatic hydroxyl groups is 1. The van der Waals surface area contributed by atoms with E-state index in [4.69, 9.17) is 10.1 Å². The van der Waals surface area contributed by atoms with Crippen molar-refractivity contribution in [2.45, 2.75) is 97.4 Å². The summed E-state index contributed by atoms with van der Waals surface area (Å²) in [6.45, 7) is 13.3. The smallest absolute Gasteiger partial charge is 0.0699 e. The molecule has 0 bridgehead atoms. The van der Waals surface area contributed by atoms with E-state index in [1.165, 1.54) is 72.2 Å². The standard InChI is InChI=1S/C34H50N2O2/c1-5-8-31(28-9-6-7-10-33(35)29(21-28)23-37)34(24(2)3)32-22-27(12-11-25(32)4)26-13-17-36(18-14-26)30-15-19-38-20-16-30/h9,11-12,21-22,24,26,30,35,37H,5-8,10,13-20,23H2,1-4H3/b28-9+,29-21-,34-31+,35-33?. The van der Waals surface area contributed by atoms with E-state index in [0.29, 0.717) is 23.6 Å². The molecular formula is C34H50N2O2. The van der Waals surface area contributed by atoms with E-state index < -0.39 is 0 Å². The molecule has 1 aliphatic carbocycles. The van der Waals surface area contributed by atoms with Crippen LogP contribution >= 0.6 is 0 Å². The number of benzene rings is 1.